The Balaban J connectivity index is 2.52. The van der Waals surface area contributed by atoms with Gasteiger partial charge in [0.1, 0.15) is 8.42 Å². The van der Waals surface area contributed by atoms with E-state index in [0.717, 1.165) is 11.3 Å². The molecule has 1 aromatic rings. The summed E-state index contributed by atoms with van der Waals surface area (Å²) in [6, 6.07) is 1.15. The Morgan fingerprint density at radius 2 is 2.23 bits per heavy atom. The van der Waals surface area contributed by atoms with Crippen molar-refractivity contribution in [3.8, 4) is 0 Å². The van der Waals surface area contributed by atoms with E-state index in [-0.39, 0.29) is 21.0 Å². The van der Waals surface area contributed by atoms with Gasteiger partial charge in [0, 0.05) is 30.0 Å². The van der Waals surface area contributed by atoms with Crippen molar-refractivity contribution in [1.29, 1.82) is 0 Å². The van der Waals surface area contributed by atoms with Crippen LogP contribution >= 0.6 is 27.3 Å². The lowest BCUT2D eigenvalue weighted by molar-refractivity contribution is 0.345. The normalized spacial score (nSPS) is 21.7. The van der Waals surface area contributed by atoms with Crippen molar-refractivity contribution in [3.05, 3.63) is 11.6 Å². The van der Waals surface area contributed by atoms with Gasteiger partial charge < -0.3 is 5.32 Å². The van der Waals surface area contributed by atoms with Crippen LogP contribution < -0.4 is 10.5 Å². The molecule has 3 N–H and O–H groups in total. The third-order valence-corrected chi connectivity index (χ3v) is 8.83. The summed E-state index contributed by atoms with van der Waals surface area (Å²) >= 11 is 4.01. The van der Waals surface area contributed by atoms with E-state index in [4.69, 9.17) is 5.14 Å². The van der Waals surface area contributed by atoms with E-state index in [0.29, 0.717) is 30.4 Å². The molecule has 1 aliphatic heterocycles. The van der Waals surface area contributed by atoms with Crippen LogP contribution in [-0.2, 0) is 20.0 Å². The number of nitrogens with one attached hydrogen (secondary N) is 1. The van der Waals surface area contributed by atoms with Crippen LogP contribution in [0, 0.1) is 0 Å². The number of nitrogens with zero attached hydrogens (tertiary/aromatic N) is 1. The minimum atomic E-state index is -3.92. The molecule has 0 bridgehead atoms. The van der Waals surface area contributed by atoms with Gasteiger partial charge in [-0.1, -0.05) is 22.9 Å². The average Bonchev–Trinajstić information content (AvgIpc) is 2.87. The molecule has 1 atom stereocenters. The van der Waals surface area contributed by atoms with Crippen LogP contribution in [0.2, 0.25) is 0 Å². The highest BCUT2D eigenvalue weighted by atomic mass is 79.9. The summed E-state index contributed by atoms with van der Waals surface area (Å²) in [6.45, 7) is 3.24. The molecule has 0 radical (unpaired) electrons. The number of alkyl halides is 1. The van der Waals surface area contributed by atoms with Crippen molar-refractivity contribution in [2.75, 3.05) is 25.0 Å². The number of rotatable bonds is 6. The van der Waals surface area contributed by atoms with Crippen molar-refractivity contribution < 1.29 is 16.8 Å². The molecule has 22 heavy (non-hydrogen) atoms. The minimum absolute atomic E-state index is 0.0725. The number of fused-ring (bicyclic) bond motifs is 1. The maximum atomic E-state index is 12.7. The van der Waals surface area contributed by atoms with Gasteiger partial charge in [-0.25, -0.2) is 22.0 Å². The molecule has 7 nitrogen and oxygen atoms in total. The fourth-order valence-corrected chi connectivity index (χ4v) is 6.89. The van der Waals surface area contributed by atoms with Gasteiger partial charge in [0.05, 0.1) is 0 Å². The first-order valence-electron chi connectivity index (χ1n) is 6.67. The summed E-state index contributed by atoms with van der Waals surface area (Å²) in [5, 5.41) is 9.04. The standard InChI is InChI=1S/C11H18BrN3O4S3/c1-2-14-9-7-15(5-3-4-12)22(18,19)11-8(9)6-10(20-11)21(13,16)17/h6,9,14H,2-5,7H2,1H3,(H2,13,16,17). The fraction of sp³-hybridized carbons (Fsp3) is 0.636. The number of halogens is 1. The molecule has 0 amide bonds. The maximum Gasteiger partial charge on any atom is 0.252 e. The lowest BCUT2D eigenvalue weighted by Gasteiger charge is -2.32. The molecule has 2 rings (SSSR count). The zero-order valence-electron chi connectivity index (χ0n) is 12.0. The molecule has 126 valence electrons. The third-order valence-electron chi connectivity index (χ3n) is 3.31. The van der Waals surface area contributed by atoms with E-state index in [9.17, 15) is 16.8 Å². The molecule has 0 aromatic carbocycles. The summed E-state index contributed by atoms with van der Waals surface area (Å²) in [6.07, 6.45) is 0.681. The highest BCUT2D eigenvalue weighted by Gasteiger charge is 2.39. The third kappa shape index (κ3) is 3.55. The van der Waals surface area contributed by atoms with E-state index in [2.05, 4.69) is 21.2 Å². The van der Waals surface area contributed by atoms with Crippen molar-refractivity contribution >= 4 is 47.3 Å². The lowest BCUT2D eigenvalue weighted by atomic mass is 10.1. The van der Waals surface area contributed by atoms with Crippen LogP contribution in [0.5, 0.6) is 0 Å². The number of nitrogens with two attached hydrogens (primary N) is 1. The topological polar surface area (TPSA) is 110 Å². The van der Waals surface area contributed by atoms with Crippen molar-refractivity contribution in [3.63, 3.8) is 0 Å². The number of likely N-dealkylation sites (N-methyl/N-ethyl adjacent to an activating group) is 1. The molecule has 0 saturated heterocycles. The van der Waals surface area contributed by atoms with E-state index < -0.39 is 20.0 Å². The van der Waals surface area contributed by atoms with Crippen LogP contribution in [0.3, 0.4) is 0 Å². The number of hydrogen-bond donors (Lipinski definition) is 2. The fourth-order valence-electron chi connectivity index (χ4n) is 2.34. The summed E-state index contributed by atoms with van der Waals surface area (Å²) in [5.41, 5.74) is 0.492. The SMILES string of the molecule is CCNC1CN(CCCBr)S(=O)(=O)c2sc(S(N)(=O)=O)cc21. The molecule has 0 aliphatic carbocycles. The monoisotopic (exact) mass is 431 g/mol. The second kappa shape index (κ2) is 6.83. The van der Waals surface area contributed by atoms with E-state index in [1.165, 1.54) is 10.4 Å². The maximum absolute atomic E-state index is 12.7. The molecule has 1 unspecified atom stereocenters. The Morgan fingerprint density at radius 3 is 2.77 bits per heavy atom. The first kappa shape index (κ1) is 18.3. The Kier molecular flexibility index (Phi) is 5.68. The van der Waals surface area contributed by atoms with Crippen molar-refractivity contribution in [2.24, 2.45) is 5.14 Å². The highest BCUT2D eigenvalue weighted by Crippen LogP contribution is 2.39. The molecule has 1 aliphatic rings. The number of hydrogen-bond acceptors (Lipinski definition) is 6. The smallest absolute Gasteiger partial charge is 0.252 e. The Hall–Kier alpha value is -0.0400. The molecule has 0 spiro atoms. The van der Waals surface area contributed by atoms with Gasteiger partial charge in [-0.3, -0.25) is 0 Å². The second-order valence-corrected chi connectivity index (χ2v) is 10.6. The molecule has 1 aromatic heterocycles. The average molecular weight is 432 g/mol. The summed E-state index contributed by atoms with van der Waals surface area (Å²) in [5.74, 6) is 0. The Labute approximate surface area is 143 Å². The second-order valence-electron chi connectivity index (χ2n) is 4.87. The predicted octanol–water partition coefficient (Wildman–Crippen LogP) is 0.835. The molecule has 2 heterocycles. The molecular formula is C11H18BrN3O4S3. The highest BCUT2D eigenvalue weighted by molar-refractivity contribution is 9.09. The van der Waals surface area contributed by atoms with E-state index in [1.807, 2.05) is 6.92 Å². The van der Waals surface area contributed by atoms with E-state index >= 15 is 0 Å². The Morgan fingerprint density at radius 1 is 1.55 bits per heavy atom. The first-order chi connectivity index (χ1) is 10.2. The summed E-state index contributed by atoms with van der Waals surface area (Å²) in [7, 11) is -7.59. The van der Waals surface area contributed by atoms with Crippen LogP contribution in [0.15, 0.2) is 14.5 Å². The Bertz CT molecular complexity index is 745. The quantitative estimate of drug-likeness (QED) is 0.648. The zero-order chi connectivity index (χ0) is 16.5. The first-order valence-corrected chi connectivity index (χ1v) is 11.6. The summed E-state index contributed by atoms with van der Waals surface area (Å²) < 4.78 is 49.7. The van der Waals surface area contributed by atoms with Gasteiger partial charge >= 0.3 is 0 Å². The number of primary sulfonamides is 1. The zero-order valence-corrected chi connectivity index (χ0v) is 16.0. The molecular weight excluding hydrogens is 414 g/mol. The van der Waals surface area contributed by atoms with Crippen LogP contribution in [0.1, 0.15) is 24.9 Å². The van der Waals surface area contributed by atoms with Crippen LogP contribution in [0.25, 0.3) is 0 Å². The van der Waals surface area contributed by atoms with Crippen LogP contribution in [0.4, 0.5) is 0 Å². The molecule has 0 fully saturated rings. The number of sulfonamides is 2. The number of thiophene rings is 1. The van der Waals surface area contributed by atoms with Gasteiger partial charge in [0.25, 0.3) is 10.0 Å². The lowest BCUT2D eigenvalue weighted by Crippen LogP contribution is -2.43. The van der Waals surface area contributed by atoms with Crippen molar-refractivity contribution in [2.45, 2.75) is 27.8 Å². The minimum Gasteiger partial charge on any atom is -0.309 e. The summed E-state index contributed by atoms with van der Waals surface area (Å²) in [4.78, 5) is 0. The van der Waals surface area contributed by atoms with E-state index in [1.54, 1.807) is 0 Å². The van der Waals surface area contributed by atoms with Gasteiger partial charge in [0.2, 0.25) is 10.0 Å². The molecule has 11 heteroatoms. The molecule has 0 saturated carbocycles. The predicted molar refractivity (Wildman–Crippen MR) is 89.3 cm³/mol. The largest absolute Gasteiger partial charge is 0.309 e. The van der Waals surface area contributed by atoms with Gasteiger partial charge in [-0.2, -0.15) is 4.31 Å². The van der Waals surface area contributed by atoms with Gasteiger partial charge in [-0.15, -0.1) is 11.3 Å². The van der Waals surface area contributed by atoms with Crippen LogP contribution in [-0.4, -0.2) is 46.1 Å². The van der Waals surface area contributed by atoms with Gasteiger partial charge in [-0.05, 0) is 19.0 Å². The van der Waals surface area contributed by atoms with Gasteiger partial charge in [0.15, 0.2) is 0 Å². The van der Waals surface area contributed by atoms with Crippen molar-refractivity contribution in [1.82, 2.24) is 9.62 Å².